The average Bonchev–Trinajstić information content (AvgIpc) is 2.28. The lowest BCUT2D eigenvalue weighted by Crippen LogP contribution is -2.40. The van der Waals surface area contributed by atoms with Gasteiger partial charge in [0.15, 0.2) is 0 Å². The van der Waals surface area contributed by atoms with Crippen molar-refractivity contribution < 1.29 is 0 Å². The van der Waals surface area contributed by atoms with Gasteiger partial charge in [0.25, 0.3) is 0 Å². The first-order valence-corrected chi connectivity index (χ1v) is 6.58. The first kappa shape index (κ1) is 12.4. The van der Waals surface area contributed by atoms with E-state index < -0.39 is 0 Å². The van der Waals surface area contributed by atoms with Crippen LogP contribution in [0.5, 0.6) is 0 Å². The van der Waals surface area contributed by atoms with Crippen LogP contribution in [-0.2, 0) is 0 Å². The Labute approximate surface area is 105 Å². The molecule has 2 heteroatoms. The van der Waals surface area contributed by atoms with Crippen LogP contribution >= 0.6 is 0 Å². The zero-order chi connectivity index (χ0) is 12.5. The van der Waals surface area contributed by atoms with Crippen molar-refractivity contribution in [3.8, 4) is 0 Å². The van der Waals surface area contributed by atoms with E-state index in [4.69, 9.17) is 5.73 Å². The number of anilines is 1. The van der Waals surface area contributed by atoms with Gasteiger partial charge in [0.05, 0.1) is 0 Å². The molecule has 2 rings (SSSR count). The Morgan fingerprint density at radius 3 is 2.41 bits per heavy atom. The number of hydrogen-bond acceptors (Lipinski definition) is 2. The second-order valence-corrected chi connectivity index (χ2v) is 6.07. The first-order valence-electron chi connectivity index (χ1n) is 6.58. The van der Waals surface area contributed by atoms with Crippen LogP contribution in [0.25, 0.3) is 0 Å². The number of hydrogen-bond donors (Lipinski definition) is 1. The quantitative estimate of drug-likeness (QED) is 0.847. The van der Waals surface area contributed by atoms with Crippen molar-refractivity contribution in [2.45, 2.75) is 39.7 Å². The highest BCUT2D eigenvalue weighted by Gasteiger charge is 2.26. The van der Waals surface area contributed by atoms with E-state index in [9.17, 15) is 0 Å². The number of rotatable bonds is 2. The Bertz CT molecular complexity index is 365. The largest absolute Gasteiger partial charge is 0.371 e. The van der Waals surface area contributed by atoms with Gasteiger partial charge in [0, 0.05) is 24.8 Å². The second-order valence-electron chi connectivity index (χ2n) is 6.07. The van der Waals surface area contributed by atoms with E-state index in [0.29, 0.717) is 5.41 Å². The van der Waals surface area contributed by atoms with Gasteiger partial charge in [-0.3, -0.25) is 0 Å². The zero-order valence-corrected chi connectivity index (χ0v) is 11.2. The summed E-state index contributed by atoms with van der Waals surface area (Å²) >= 11 is 0. The van der Waals surface area contributed by atoms with Gasteiger partial charge in [0.2, 0.25) is 0 Å². The molecule has 0 amide bonds. The molecule has 1 heterocycles. The highest BCUT2D eigenvalue weighted by atomic mass is 15.1. The lowest BCUT2D eigenvalue weighted by atomic mass is 9.84. The molecular formula is C15H24N2. The van der Waals surface area contributed by atoms with Crippen molar-refractivity contribution in [1.29, 1.82) is 0 Å². The van der Waals surface area contributed by atoms with Crippen molar-refractivity contribution in [2.24, 2.45) is 11.1 Å². The van der Waals surface area contributed by atoms with Gasteiger partial charge in [0.1, 0.15) is 0 Å². The molecule has 1 atom stereocenters. The summed E-state index contributed by atoms with van der Waals surface area (Å²) in [5, 5.41) is 0. The molecule has 2 nitrogen and oxygen atoms in total. The molecule has 1 aromatic carbocycles. The minimum Gasteiger partial charge on any atom is -0.371 e. The van der Waals surface area contributed by atoms with E-state index >= 15 is 0 Å². The highest BCUT2D eigenvalue weighted by molar-refractivity contribution is 5.48. The fraction of sp³-hybridized carbons (Fsp3) is 0.600. The fourth-order valence-electron chi connectivity index (χ4n) is 2.63. The number of benzene rings is 1. The first-order chi connectivity index (χ1) is 7.98. The molecular weight excluding hydrogens is 208 g/mol. The summed E-state index contributed by atoms with van der Waals surface area (Å²) in [4.78, 5) is 2.49. The maximum Gasteiger partial charge on any atom is 0.0366 e. The van der Waals surface area contributed by atoms with Crippen LogP contribution in [0, 0.1) is 5.41 Å². The van der Waals surface area contributed by atoms with Crippen molar-refractivity contribution >= 4 is 5.69 Å². The van der Waals surface area contributed by atoms with Crippen LogP contribution in [-0.4, -0.2) is 13.1 Å². The van der Waals surface area contributed by atoms with E-state index in [-0.39, 0.29) is 6.04 Å². The Kier molecular flexibility index (Phi) is 3.43. The van der Waals surface area contributed by atoms with E-state index in [2.05, 4.69) is 43.0 Å². The molecule has 1 saturated heterocycles. The predicted octanol–water partition coefficient (Wildman–Crippen LogP) is 3.33. The van der Waals surface area contributed by atoms with Crippen LogP contribution in [0.3, 0.4) is 0 Å². The lowest BCUT2D eigenvalue weighted by Gasteiger charge is -2.39. The van der Waals surface area contributed by atoms with Crippen LogP contribution in [0.1, 0.15) is 45.2 Å². The Morgan fingerprint density at radius 2 is 1.88 bits per heavy atom. The molecule has 0 aromatic heterocycles. The normalized spacial score (nSPS) is 21.3. The summed E-state index contributed by atoms with van der Waals surface area (Å²) < 4.78 is 0. The number of nitrogens with two attached hydrogens (primary N) is 1. The smallest absolute Gasteiger partial charge is 0.0366 e. The molecule has 0 radical (unpaired) electrons. The van der Waals surface area contributed by atoms with E-state index in [0.717, 1.165) is 6.54 Å². The van der Waals surface area contributed by atoms with Crippen LogP contribution in [0.15, 0.2) is 24.3 Å². The molecule has 0 spiro atoms. The summed E-state index contributed by atoms with van der Waals surface area (Å²) in [7, 11) is 0. The van der Waals surface area contributed by atoms with Gasteiger partial charge in [-0.1, -0.05) is 26.0 Å². The summed E-state index contributed by atoms with van der Waals surface area (Å²) in [5.41, 5.74) is 8.86. The van der Waals surface area contributed by atoms with Crippen molar-refractivity contribution in [3.05, 3.63) is 29.8 Å². The van der Waals surface area contributed by atoms with Gasteiger partial charge in [-0.05, 0) is 42.9 Å². The molecule has 2 N–H and O–H groups in total. The SMILES string of the molecule is CC(N)c1ccc(N2CCCC(C)(C)C2)cc1. The molecule has 0 bridgehead atoms. The molecule has 17 heavy (non-hydrogen) atoms. The monoisotopic (exact) mass is 232 g/mol. The van der Waals surface area contributed by atoms with Crippen LogP contribution in [0.2, 0.25) is 0 Å². The Hall–Kier alpha value is -1.02. The standard InChI is InChI=1S/C15H24N2/c1-12(16)13-5-7-14(8-6-13)17-10-4-9-15(2,3)11-17/h5-8,12H,4,9-11,16H2,1-3H3. The summed E-state index contributed by atoms with van der Waals surface area (Å²) in [6, 6.07) is 8.85. The molecule has 0 aliphatic carbocycles. The maximum absolute atomic E-state index is 5.87. The Balaban J connectivity index is 2.12. The molecule has 1 unspecified atom stereocenters. The maximum atomic E-state index is 5.87. The highest BCUT2D eigenvalue weighted by Crippen LogP contribution is 2.31. The molecule has 1 aliphatic rings. The van der Waals surface area contributed by atoms with Gasteiger partial charge in [-0.2, -0.15) is 0 Å². The van der Waals surface area contributed by atoms with Crippen molar-refractivity contribution in [3.63, 3.8) is 0 Å². The third-order valence-electron chi connectivity index (χ3n) is 3.68. The van der Waals surface area contributed by atoms with Gasteiger partial charge >= 0.3 is 0 Å². The minimum absolute atomic E-state index is 0.127. The van der Waals surface area contributed by atoms with E-state index in [1.807, 2.05) is 6.92 Å². The summed E-state index contributed by atoms with van der Waals surface area (Å²) in [6.07, 6.45) is 2.63. The van der Waals surface area contributed by atoms with E-state index in [1.165, 1.54) is 30.6 Å². The zero-order valence-electron chi connectivity index (χ0n) is 11.2. The third-order valence-corrected chi connectivity index (χ3v) is 3.68. The summed E-state index contributed by atoms with van der Waals surface area (Å²) in [5.74, 6) is 0. The topological polar surface area (TPSA) is 29.3 Å². The van der Waals surface area contributed by atoms with Gasteiger partial charge in [-0.15, -0.1) is 0 Å². The van der Waals surface area contributed by atoms with Gasteiger partial charge < -0.3 is 10.6 Å². The average molecular weight is 232 g/mol. The third kappa shape index (κ3) is 3.01. The summed E-state index contributed by atoms with van der Waals surface area (Å²) in [6.45, 7) is 9.08. The number of nitrogens with zero attached hydrogens (tertiary/aromatic N) is 1. The fourth-order valence-corrected chi connectivity index (χ4v) is 2.63. The minimum atomic E-state index is 0.127. The Morgan fingerprint density at radius 1 is 1.24 bits per heavy atom. The van der Waals surface area contributed by atoms with Crippen LogP contribution in [0.4, 0.5) is 5.69 Å². The lowest BCUT2D eigenvalue weighted by molar-refractivity contribution is 0.293. The predicted molar refractivity (Wildman–Crippen MR) is 74.3 cm³/mol. The molecule has 1 aliphatic heterocycles. The second kappa shape index (κ2) is 4.69. The molecule has 1 aromatic rings. The number of piperidine rings is 1. The van der Waals surface area contributed by atoms with Crippen LogP contribution < -0.4 is 10.6 Å². The van der Waals surface area contributed by atoms with Crippen molar-refractivity contribution in [1.82, 2.24) is 0 Å². The van der Waals surface area contributed by atoms with E-state index in [1.54, 1.807) is 0 Å². The van der Waals surface area contributed by atoms with Crippen molar-refractivity contribution in [2.75, 3.05) is 18.0 Å². The molecule has 1 fully saturated rings. The molecule has 0 saturated carbocycles. The molecule has 94 valence electrons. The van der Waals surface area contributed by atoms with Gasteiger partial charge in [-0.25, -0.2) is 0 Å².